The smallest absolute Gasteiger partial charge is 0.408 e. The lowest BCUT2D eigenvalue weighted by molar-refractivity contribution is -0.158. The van der Waals surface area contributed by atoms with Crippen LogP contribution >= 0.6 is 0 Å². The van der Waals surface area contributed by atoms with E-state index in [4.69, 9.17) is 9.72 Å². The molecule has 196 valence electrons. The van der Waals surface area contributed by atoms with Gasteiger partial charge in [-0.05, 0) is 61.6 Å². The van der Waals surface area contributed by atoms with Crippen molar-refractivity contribution in [3.8, 4) is 0 Å². The first-order chi connectivity index (χ1) is 17.9. The van der Waals surface area contributed by atoms with Gasteiger partial charge in [0.2, 0.25) is 5.91 Å². The third-order valence-electron chi connectivity index (χ3n) is 7.79. The zero-order chi connectivity index (χ0) is 25.8. The number of anilines is 1. The number of rotatable bonds is 9. The molecule has 1 aliphatic carbocycles. The number of carbonyl (C=O) groups excluding carboxylic acids is 2. The number of ether oxygens (including phenoxy) is 1. The van der Waals surface area contributed by atoms with Crippen molar-refractivity contribution in [2.75, 3.05) is 25.0 Å². The van der Waals surface area contributed by atoms with E-state index in [1.165, 1.54) is 5.56 Å². The van der Waals surface area contributed by atoms with Crippen LogP contribution in [-0.4, -0.2) is 58.6 Å². The number of benzene rings is 1. The van der Waals surface area contributed by atoms with Gasteiger partial charge in [-0.25, -0.2) is 14.6 Å². The van der Waals surface area contributed by atoms with E-state index in [2.05, 4.69) is 22.8 Å². The maximum atomic E-state index is 12.7. The second-order valence-electron chi connectivity index (χ2n) is 10.7. The average Bonchev–Trinajstić information content (AvgIpc) is 2.85. The molecule has 1 aromatic heterocycles. The number of aliphatic carboxylic acids is 1. The standard InChI is InChI=1S/C28H34N4O5/c33-24(13-23(26(34)35)31-27(36)37-16-19-5-2-1-3-6-19)32-17-28(18-32)14-20(15-28)8-10-22-11-9-21-7-4-12-29-25(21)30-22/h1-3,5-6,9,11,20,23H,4,7-8,10,12-18H2,(H,29,30)(H,31,36)(H,34,35). The van der Waals surface area contributed by atoms with Crippen molar-refractivity contribution in [2.45, 2.75) is 57.6 Å². The molecule has 1 atom stereocenters. The molecule has 2 fully saturated rings. The lowest BCUT2D eigenvalue weighted by Gasteiger charge is -2.59. The number of hydrogen-bond donors (Lipinski definition) is 3. The van der Waals surface area contributed by atoms with Crippen LogP contribution in [0.2, 0.25) is 0 Å². The van der Waals surface area contributed by atoms with Crippen LogP contribution in [0.4, 0.5) is 10.6 Å². The first kappa shape index (κ1) is 25.0. The molecule has 3 N–H and O–H groups in total. The van der Waals surface area contributed by atoms with Crippen LogP contribution < -0.4 is 10.6 Å². The summed E-state index contributed by atoms with van der Waals surface area (Å²) in [6, 6.07) is 12.1. The second-order valence-corrected chi connectivity index (χ2v) is 10.7. The van der Waals surface area contributed by atoms with Gasteiger partial charge >= 0.3 is 12.1 Å². The molecule has 1 saturated carbocycles. The maximum absolute atomic E-state index is 12.7. The van der Waals surface area contributed by atoms with E-state index in [-0.39, 0.29) is 24.3 Å². The molecule has 1 aromatic carbocycles. The van der Waals surface area contributed by atoms with Gasteiger partial charge in [-0.2, -0.15) is 0 Å². The number of pyridine rings is 1. The number of carbonyl (C=O) groups is 3. The van der Waals surface area contributed by atoms with Crippen molar-refractivity contribution in [2.24, 2.45) is 11.3 Å². The summed E-state index contributed by atoms with van der Waals surface area (Å²) in [6.07, 6.45) is 5.36. The Kier molecular flexibility index (Phi) is 7.30. The summed E-state index contributed by atoms with van der Waals surface area (Å²) in [5.41, 5.74) is 3.41. The number of carboxylic acid groups (broad SMARTS) is 1. The highest BCUT2D eigenvalue weighted by Gasteiger charge is 2.53. The SMILES string of the molecule is O=C(NC(CC(=O)N1CC2(CC(CCc3ccc4c(n3)NCCC4)C2)C1)C(=O)O)OCc1ccccc1. The van der Waals surface area contributed by atoms with Gasteiger partial charge in [-0.3, -0.25) is 4.79 Å². The predicted molar refractivity (Wildman–Crippen MR) is 137 cm³/mol. The molecule has 5 rings (SSSR count). The van der Waals surface area contributed by atoms with Crippen LogP contribution in [0.3, 0.4) is 0 Å². The van der Waals surface area contributed by atoms with E-state index >= 15 is 0 Å². The Hall–Kier alpha value is -3.62. The van der Waals surface area contributed by atoms with Gasteiger partial charge in [-0.15, -0.1) is 0 Å². The fraction of sp³-hybridized carbons (Fsp3) is 0.500. The summed E-state index contributed by atoms with van der Waals surface area (Å²) >= 11 is 0. The molecular formula is C28H34N4O5. The molecule has 3 heterocycles. The van der Waals surface area contributed by atoms with Gasteiger partial charge in [0.1, 0.15) is 18.5 Å². The summed E-state index contributed by atoms with van der Waals surface area (Å²) in [6.45, 7) is 2.34. The fourth-order valence-electron chi connectivity index (χ4n) is 5.84. The van der Waals surface area contributed by atoms with Crippen molar-refractivity contribution < 1.29 is 24.2 Å². The average molecular weight is 507 g/mol. The molecule has 9 heteroatoms. The Labute approximate surface area is 216 Å². The highest BCUT2D eigenvalue weighted by molar-refractivity contribution is 5.87. The molecule has 9 nitrogen and oxygen atoms in total. The zero-order valence-corrected chi connectivity index (χ0v) is 20.9. The monoisotopic (exact) mass is 506 g/mol. The van der Waals surface area contributed by atoms with Crippen LogP contribution in [0, 0.1) is 11.3 Å². The van der Waals surface area contributed by atoms with Gasteiger partial charge in [-0.1, -0.05) is 36.4 Å². The van der Waals surface area contributed by atoms with E-state index in [9.17, 15) is 19.5 Å². The summed E-state index contributed by atoms with van der Waals surface area (Å²) in [5.74, 6) is 0.169. The van der Waals surface area contributed by atoms with E-state index in [1.54, 1.807) is 17.0 Å². The Morgan fingerprint density at radius 1 is 1.16 bits per heavy atom. The lowest BCUT2D eigenvalue weighted by atomic mass is 9.56. The maximum Gasteiger partial charge on any atom is 0.408 e. The molecule has 2 aromatic rings. The quantitative estimate of drug-likeness (QED) is 0.477. The summed E-state index contributed by atoms with van der Waals surface area (Å²) in [7, 11) is 0. The number of alkyl carbamates (subject to hydrolysis) is 1. The molecule has 2 amide bonds. The minimum Gasteiger partial charge on any atom is -0.480 e. The predicted octanol–water partition coefficient (Wildman–Crippen LogP) is 3.38. The van der Waals surface area contributed by atoms with E-state index in [0.717, 1.165) is 62.1 Å². The number of aromatic nitrogens is 1. The van der Waals surface area contributed by atoms with Crippen LogP contribution in [0.1, 0.15) is 48.9 Å². The van der Waals surface area contributed by atoms with Gasteiger partial charge in [0.15, 0.2) is 0 Å². The lowest BCUT2D eigenvalue weighted by Crippen LogP contribution is -2.64. The summed E-state index contributed by atoms with van der Waals surface area (Å²) < 4.78 is 5.10. The normalized spacial score (nSPS) is 18.5. The summed E-state index contributed by atoms with van der Waals surface area (Å²) in [4.78, 5) is 42.9. The topological polar surface area (TPSA) is 121 Å². The third-order valence-corrected chi connectivity index (χ3v) is 7.79. The Morgan fingerprint density at radius 2 is 1.95 bits per heavy atom. The van der Waals surface area contributed by atoms with Gasteiger partial charge in [0, 0.05) is 30.7 Å². The number of fused-ring (bicyclic) bond motifs is 1. The molecule has 2 aliphatic heterocycles. The molecule has 0 bridgehead atoms. The fourth-order valence-corrected chi connectivity index (χ4v) is 5.84. The van der Waals surface area contributed by atoms with Crippen molar-refractivity contribution in [3.63, 3.8) is 0 Å². The third kappa shape index (κ3) is 6.03. The van der Waals surface area contributed by atoms with Gasteiger partial charge in [0.25, 0.3) is 0 Å². The number of likely N-dealkylation sites (tertiary alicyclic amines) is 1. The first-order valence-electron chi connectivity index (χ1n) is 13.1. The van der Waals surface area contributed by atoms with Crippen LogP contribution in [0.25, 0.3) is 0 Å². The Morgan fingerprint density at radius 3 is 2.70 bits per heavy atom. The zero-order valence-electron chi connectivity index (χ0n) is 20.9. The molecule has 1 unspecified atom stereocenters. The largest absolute Gasteiger partial charge is 0.480 e. The van der Waals surface area contributed by atoms with E-state index < -0.39 is 18.1 Å². The molecule has 1 saturated heterocycles. The highest BCUT2D eigenvalue weighted by Crippen LogP contribution is 2.53. The highest BCUT2D eigenvalue weighted by atomic mass is 16.5. The molecular weight excluding hydrogens is 472 g/mol. The number of nitrogens with one attached hydrogen (secondary N) is 2. The second kappa shape index (κ2) is 10.8. The van der Waals surface area contributed by atoms with Crippen LogP contribution in [0.5, 0.6) is 0 Å². The van der Waals surface area contributed by atoms with Gasteiger partial charge < -0.3 is 25.4 Å². The van der Waals surface area contributed by atoms with Crippen molar-refractivity contribution in [3.05, 3.63) is 59.3 Å². The van der Waals surface area contributed by atoms with Gasteiger partial charge in [0.05, 0.1) is 6.42 Å². The van der Waals surface area contributed by atoms with Crippen molar-refractivity contribution in [1.82, 2.24) is 15.2 Å². The van der Waals surface area contributed by atoms with Crippen LogP contribution in [0.15, 0.2) is 42.5 Å². The molecule has 37 heavy (non-hydrogen) atoms. The number of hydrogen-bond acceptors (Lipinski definition) is 6. The molecule has 1 spiro atoms. The number of aryl methyl sites for hydroxylation is 2. The number of nitrogens with zero attached hydrogens (tertiary/aromatic N) is 2. The molecule has 3 aliphatic rings. The van der Waals surface area contributed by atoms with E-state index in [0.29, 0.717) is 19.0 Å². The summed E-state index contributed by atoms with van der Waals surface area (Å²) in [5, 5.41) is 15.2. The Bertz CT molecular complexity index is 1140. The van der Waals surface area contributed by atoms with Crippen molar-refractivity contribution >= 4 is 23.8 Å². The Balaban J connectivity index is 1.02. The number of carboxylic acids is 1. The number of amides is 2. The van der Waals surface area contributed by atoms with Crippen molar-refractivity contribution in [1.29, 1.82) is 0 Å². The van der Waals surface area contributed by atoms with E-state index in [1.807, 2.05) is 18.2 Å². The minimum atomic E-state index is -1.32. The molecule has 0 radical (unpaired) electrons. The van der Waals surface area contributed by atoms with Crippen LogP contribution in [-0.2, 0) is 33.8 Å². The minimum absolute atomic E-state index is 0.0300. The first-order valence-corrected chi connectivity index (χ1v) is 13.1.